The maximum atomic E-state index is 9.21. The summed E-state index contributed by atoms with van der Waals surface area (Å²) in [5, 5.41) is 44.2. The van der Waals surface area contributed by atoms with Crippen molar-refractivity contribution in [3.63, 3.8) is 0 Å². The molecule has 5 heteroatoms. The maximum absolute atomic E-state index is 9.21. The highest BCUT2D eigenvalue weighted by molar-refractivity contribution is 4.78. The lowest BCUT2D eigenvalue weighted by Crippen LogP contribution is -2.43. The first-order valence-electron chi connectivity index (χ1n) is 3.80. The van der Waals surface area contributed by atoms with Gasteiger partial charge in [0.1, 0.15) is 12.2 Å². The highest BCUT2D eigenvalue weighted by Crippen LogP contribution is 2.09. The molecule has 4 atom stereocenters. The third-order valence-electron chi connectivity index (χ3n) is 1.80. The lowest BCUT2D eigenvalue weighted by molar-refractivity contribution is -0.0978. The molecule has 12 heavy (non-hydrogen) atoms. The lowest BCUT2D eigenvalue weighted by atomic mass is 9.97. The third kappa shape index (κ3) is 3.04. The van der Waals surface area contributed by atoms with E-state index in [9.17, 15) is 5.11 Å². The van der Waals surface area contributed by atoms with E-state index in [0.717, 1.165) is 0 Å². The van der Waals surface area contributed by atoms with E-state index < -0.39 is 30.8 Å². The van der Waals surface area contributed by atoms with E-state index in [1.807, 2.05) is 0 Å². The minimum Gasteiger partial charge on any atom is -0.396 e. The smallest absolute Gasteiger partial charge is 0.108 e. The summed E-state index contributed by atoms with van der Waals surface area (Å²) in [6, 6.07) is 0. The summed E-state index contributed by atoms with van der Waals surface area (Å²) in [6.07, 6.45) is -4.01. The fourth-order valence-electron chi connectivity index (χ4n) is 0.780. The Morgan fingerprint density at radius 3 is 1.75 bits per heavy atom. The van der Waals surface area contributed by atoms with Crippen molar-refractivity contribution in [3.05, 3.63) is 0 Å². The molecule has 0 heterocycles. The van der Waals surface area contributed by atoms with Crippen molar-refractivity contribution in [2.75, 3.05) is 13.2 Å². The van der Waals surface area contributed by atoms with E-state index in [2.05, 4.69) is 0 Å². The van der Waals surface area contributed by atoms with Crippen molar-refractivity contribution >= 4 is 0 Å². The predicted octanol–water partition coefficient (Wildman–Crippen LogP) is -2.31. The first-order valence-corrected chi connectivity index (χ1v) is 3.80. The molecule has 5 nitrogen and oxygen atoms in total. The minimum absolute atomic E-state index is 0.281. The van der Waals surface area contributed by atoms with Crippen molar-refractivity contribution in [1.82, 2.24) is 0 Å². The van der Waals surface area contributed by atoms with E-state index in [4.69, 9.17) is 20.4 Å². The molecule has 0 bridgehead atoms. The second-order valence-corrected chi connectivity index (χ2v) is 2.89. The lowest BCUT2D eigenvalue weighted by Gasteiger charge is -2.25. The van der Waals surface area contributed by atoms with Crippen molar-refractivity contribution in [1.29, 1.82) is 0 Å². The van der Waals surface area contributed by atoms with Gasteiger partial charge in [-0.3, -0.25) is 0 Å². The molecule has 0 radical (unpaired) electrons. The maximum Gasteiger partial charge on any atom is 0.108 e. The van der Waals surface area contributed by atoms with Gasteiger partial charge < -0.3 is 25.5 Å². The summed E-state index contributed by atoms with van der Waals surface area (Å²) in [6.45, 7) is 0.630. The van der Waals surface area contributed by atoms with Gasteiger partial charge in [-0.05, 0) is 0 Å². The zero-order valence-corrected chi connectivity index (χ0v) is 6.96. The Labute approximate surface area is 70.9 Å². The molecule has 0 unspecified atom stereocenters. The van der Waals surface area contributed by atoms with Crippen molar-refractivity contribution in [3.8, 4) is 0 Å². The van der Waals surface area contributed by atoms with Gasteiger partial charge in [-0.15, -0.1) is 0 Å². The standard InChI is InChI=1S/C7H16O5/c1-4(2-8)6(11)7(12)5(10)3-9/h4-12H,2-3H2,1H3/t4-,5-,6-,7-/m1/s1. The molecule has 0 rings (SSSR count). The number of rotatable bonds is 5. The summed E-state index contributed by atoms with van der Waals surface area (Å²) in [5.41, 5.74) is 0. The molecule has 0 aliphatic heterocycles. The molecule has 0 saturated heterocycles. The summed E-state index contributed by atoms with van der Waals surface area (Å²) in [5.74, 6) is -0.527. The summed E-state index contributed by atoms with van der Waals surface area (Å²) in [4.78, 5) is 0. The van der Waals surface area contributed by atoms with Gasteiger partial charge in [0.25, 0.3) is 0 Å². The first-order chi connectivity index (χ1) is 5.54. The average molecular weight is 180 g/mol. The molecule has 74 valence electrons. The quantitative estimate of drug-likeness (QED) is 0.327. The Balaban J connectivity index is 3.99. The fourth-order valence-corrected chi connectivity index (χ4v) is 0.780. The Morgan fingerprint density at radius 1 is 0.917 bits per heavy atom. The molecule has 0 fully saturated rings. The Bertz CT molecular complexity index is 104. The fraction of sp³-hybridized carbons (Fsp3) is 1.00. The van der Waals surface area contributed by atoms with Crippen LogP contribution in [-0.4, -0.2) is 57.1 Å². The van der Waals surface area contributed by atoms with Crippen LogP contribution >= 0.6 is 0 Å². The Morgan fingerprint density at radius 2 is 1.42 bits per heavy atom. The summed E-state index contributed by atoms with van der Waals surface area (Å²) < 4.78 is 0. The first kappa shape index (κ1) is 11.8. The number of aliphatic hydroxyl groups is 5. The van der Waals surface area contributed by atoms with Crippen molar-refractivity contribution in [2.24, 2.45) is 5.92 Å². The minimum atomic E-state index is -1.42. The van der Waals surface area contributed by atoms with Gasteiger partial charge in [0.2, 0.25) is 0 Å². The van der Waals surface area contributed by atoms with Crippen LogP contribution in [0.4, 0.5) is 0 Å². The number of hydrogen-bond acceptors (Lipinski definition) is 5. The topological polar surface area (TPSA) is 101 Å². The van der Waals surface area contributed by atoms with Gasteiger partial charge in [-0.25, -0.2) is 0 Å². The predicted molar refractivity (Wildman–Crippen MR) is 41.4 cm³/mol. The van der Waals surface area contributed by atoms with Crippen LogP contribution in [-0.2, 0) is 0 Å². The van der Waals surface area contributed by atoms with Crippen LogP contribution in [0.1, 0.15) is 6.92 Å². The largest absolute Gasteiger partial charge is 0.396 e. The van der Waals surface area contributed by atoms with Gasteiger partial charge in [0, 0.05) is 12.5 Å². The van der Waals surface area contributed by atoms with Gasteiger partial charge in [-0.2, -0.15) is 0 Å². The van der Waals surface area contributed by atoms with E-state index in [-0.39, 0.29) is 6.61 Å². The van der Waals surface area contributed by atoms with E-state index in [1.165, 1.54) is 6.92 Å². The summed E-state index contributed by atoms with van der Waals surface area (Å²) in [7, 11) is 0. The van der Waals surface area contributed by atoms with Crippen LogP contribution in [0.25, 0.3) is 0 Å². The molecule has 0 amide bonds. The number of aliphatic hydroxyl groups excluding tert-OH is 5. The van der Waals surface area contributed by atoms with Gasteiger partial charge >= 0.3 is 0 Å². The monoisotopic (exact) mass is 180 g/mol. The van der Waals surface area contributed by atoms with Crippen LogP contribution < -0.4 is 0 Å². The highest BCUT2D eigenvalue weighted by Gasteiger charge is 2.27. The normalized spacial score (nSPS) is 21.5. The van der Waals surface area contributed by atoms with Crippen LogP contribution in [0.3, 0.4) is 0 Å². The third-order valence-corrected chi connectivity index (χ3v) is 1.80. The second kappa shape index (κ2) is 5.45. The average Bonchev–Trinajstić information content (AvgIpc) is 2.12. The van der Waals surface area contributed by atoms with Crippen LogP contribution in [0, 0.1) is 5.92 Å². The molecule has 0 aliphatic rings. The zero-order chi connectivity index (χ0) is 9.72. The molecule has 0 aromatic heterocycles. The van der Waals surface area contributed by atoms with Crippen molar-refractivity contribution in [2.45, 2.75) is 25.2 Å². The molecule has 5 N–H and O–H groups in total. The molecule has 0 saturated carbocycles. The van der Waals surface area contributed by atoms with Gasteiger partial charge in [-0.1, -0.05) is 6.92 Å². The molecule has 0 aromatic rings. The molecule has 0 spiro atoms. The van der Waals surface area contributed by atoms with Gasteiger partial charge in [0.05, 0.1) is 12.7 Å². The number of hydrogen-bond donors (Lipinski definition) is 5. The highest BCUT2D eigenvalue weighted by atomic mass is 16.4. The molecular formula is C7H16O5. The van der Waals surface area contributed by atoms with Crippen LogP contribution in [0.5, 0.6) is 0 Å². The van der Waals surface area contributed by atoms with Gasteiger partial charge in [0.15, 0.2) is 0 Å². The van der Waals surface area contributed by atoms with Crippen LogP contribution in [0.15, 0.2) is 0 Å². The van der Waals surface area contributed by atoms with E-state index in [0.29, 0.717) is 0 Å². The SMILES string of the molecule is C[C@H](CO)[C@@H](O)[C@H](O)[C@H](O)CO. The van der Waals surface area contributed by atoms with Crippen LogP contribution in [0.2, 0.25) is 0 Å². The Hall–Kier alpha value is -0.200. The molecular weight excluding hydrogens is 164 g/mol. The zero-order valence-electron chi connectivity index (χ0n) is 6.96. The second-order valence-electron chi connectivity index (χ2n) is 2.89. The van der Waals surface area contributed by atoms with E-state index in [1.54, 1.807) is 0 Å². The molecule has 0 aliphatic carbocycles. The molecule has 0 aromatic carbocycles. The van der Waals surface area contributed by atoms with Crippen molar-refractivity contribution < 1.29 is 25.5 Å². The van der Waals surface area contributed by atoms with E-state index >= 15 is 0 Å². The summed E-state index contributed by atoms with van der Waals surface area (Å²) >= 11 is 0. The Kier molecular flexibility index (Phi) is 5.36.